The van der Waals surface area contributed by atoms with Crippen LogP contribution >= 0.6 is 12.4 Å². The van der Waals surface area contributed by atoms with Crippen molar-refractivity contribution in [3.63, 3.8) is 0 Å². The molecule has 0 bridgehead atoms. The van der Waals surface area contributed by atoms with Crippen LogP contribution in [-0.4, -0.2) is 33.8 Å². The summed E-state index contributed by atoms with van der Waals surface area (Å²) in [6.45, 7) is 4.29. The molecule has 8 heteroatoms. The third-order valence-electron chi connectivity index (χ3n) is 2.60. The SMILES string of the molecule is COc1cc(-c2noc(C(C)(C)CN)n2)ncn1.Cl. The molecule has 0 amide bonds. The maximum Gasteiger partial charge on any atom is 0.233 e. The zero-order valence-corrected chi connectivity index (χ0v) is 11.8. The number of nitrogens with zero attached hydrogens (tertiary/aromatic N) is 4. The van der Waals surface area contributed by atoms with E-state index in [0.717, 1.165) is 0 Å². The number of rotatable bonds is 4. The van der Waals surface area contributed by atoms with Gasteiger partial charge in [-0.1, -0.05) is 5.16 Å². The molecule has 0 aliphatic rings. The van der Waals surface area contributed by atoms with E-state index in [2.05, 4.69) is 20.1 Å². The Bertz CT molecular complexity index is 543. The van der Waals surface area contributed by atoms with Gasteiger partial charge in [0.15, 0.2) is 0 Å². The molecule has 0 spiro atoms. The normalized spacial score (nSPS) is 10.9. The molecular weight excluding hydrogens is 270 g/mol. The Morgan fingerprint density at radius 2 is 2.11 bits per heavy atom. The van der Waals surface area contributed by atoms with Crippen LogP contribution in [0.1, 0.15) is 19.7 Å². The molecule has 0 radical (unpaired) electrons. The van der Waals surface area contributed by atoms with Crippen LogP contribution in [0.3, 0.4) is 0 Å². The number of aromatic nitrogens is 4. The summed E-state index contributed by atoms with van der Waals surface area (Å²) in [5.74, 6) is 1.33. The molecule has 0 aromatic carbocycles. The number of methoxy groups -OCH3 is 1. The molecule has 0 saturated carbocycles. The van der Waals surface area contributed by atoms with Crippen LogP contribution in [0.5, 0.6) is 5.88 Å². The highest BCUT2D eigenvalue weighted by Gasteiger charge is 2.26. The highest BCUT2D eigenvalue weighted by molar-refractivity contribution is 5.85. The van der Waals surface area contributed by atoms with E-state index in [1.807, 2.05) is 13.8 Å². The lowest BCUT2D eigenvalue weighted by Gasteiger charge is -2.15. The van der Waals surface area contributed by atoms with Crippen molar-refractivity contribution in [2.24, 2.45) is 5.73 Å². The van der Waals surface area contributed by atoms with E-state index in [4.69, 9.17) is 15.0 Å². The second kappa shape index (κ2) is 5.94. The second-order valence-corrected chi connectivity index (χ2v) is 4.46. The summed E-state index contributed by atoms with van der Waals surface area (Å²) >= 11 is 0. The number of halogens is 1. The molecule has 7 nitrogen and oxygen atoms in total. The van der Waals surface area contributed by atoms with E-state index in [1.165, 1.54) is 13.4 Å². The Balaban J connectivity index is 0.00000180. The molecule has 0 fully saturated rings. The minimum atomic E-state index is -0.359. The van der Waals surface area contributed by atoms with Gasteiger partial charge in [0.05, 0.1) is 12.5 Å². The molecule has 0 unspecified atom stereocenters. The highest BCUT2D eigenvalue weighted by Crippen LogP contribution is 2.23. The summed E-state index contributed by atoms with van der Waals surface area (Å²) < 4.78 is 10.2. The van der Waals surface area contributed by atoms with Crippen LogP contribution in [0.15, 0.2) is 16.9 Å². The molecule has 2 rings (SSSR count). The van der Waals surface area contributed by atoms with E-state index in [1.54, 1.807) is 6.07 Å². The van der Waals surface area contributed by atoms with Crippen molar-refractivity contribution in [3.05, 3.63) is 18.3 Å². The maximum atomic E-state index is 5.66. The van der Waals surface area contributed by atoms with E-state index in [0.29, 0.717) is 29.8 Å². The minimum absolute atomic E-state index is 0. The van der Waals surface area contributed by atoms with Crippen molar-refractivity contribution >= 4 is 12.4 Å². The largest absolute Gasteiger partial charge is 0.481 e. The zero-order valence-electron chi connectivity index (χ0n) is 11.0. The Labute approximate surface area is 117 Å². The highest BCUT2D eigenvalue weighted by atomic mass is 35.5. The topological polar surface area (TPSA) is 100.0 Å². The predicted molar refractivity (Wildman–Crippen MR) is 71.2 cm³/mol. The van der Waals surface area contributed by atoms with E-state index in [-0.39, 0.29) is 17.8 Å². The summed E-state index contributed by atoms with van der Waals surface area (Å²) in [6.07, 6.45) is 1.39. The van der Waals surface area contributed by atoms with Gasteiger partial charge < -0.3 is 15.0 Å². The summed E-state index contributed by atoms with van der Waals surface area (Å²) in [4.78, 5) is 12.3. The molecular formula is C11H16ClN5O2. The Morgan fingerprint density at radius 3 is 2.74 bits per heavy atom. The average molecular weight is 286 g/mol. The quantitative estimate of drug-likeness (QED) is 0.900. The molecule has 2 heterocycles. The number of hydrogen-bond donors (Lipinski definition) is 1. The van der Waals surface area contributed by atoms with E-state index < -0.39 is 0 Å². The molecule has 0 aliphatic heterocycles. The van der Waals surface area contributed by atoms with Gasteiger partial charge in [-0.25, -0.2) is 9.97 Å². The van der Waals surface area contributed by atoms with Crippen molar-refractivity contribution < 1.29 is 9.26 Å². The van der Waals surface area contributed by atoms with Gasteiger partial charge in [-0.3, -0.25) is 0 Å². The Morgan fingerprint density at radius 1 is 1.37 bits per heavy atom. The second-order valence-electron chi connectivity index (χ2n) is 4.46. The minimum Gasteiger partial charge on any atom is -0.481 e. The molecule has 0 aliphatic carbocycles. The van der Waals surface area contributed by atoms with Gasteiger partial charge >= 0.3 is 0 Å². The van der Waals surface area contributed by atoms with Crippen LogP contribution < -0.4 is 10.5 Å². The summed E-state index contributed by atoms with van der Waals surface area (Å²) in [6, 6.07) is 1.64. The molecule has 2 N–H and O–H groups in total. The van der Waals surface area contributed by atoms with Crippen molar-refractivity contribution in [1.29, 1.82) is 0 Å². The molecule has 0 atom stereocenters. The van der Waals surface area contributed by atoms with Gasteiger partial charge in [0.2, 0.25) is 17.6 Å². The Kier molecular flexibility index (Phi) is 4.79. The zero-order chi connectivity index (χ0) is 13.2. The van der Waals surface area contributed by atoms with Crippen molar-refractivity contribution in [3.8, 4) is 17.4 Å². The lowest BCUT2D eigenvalue weighted by molar-refractivity contribution is 0.311. The molecule has 2 aromatic rings. The molecule has 19 heavy (non-hydrogen) atoms. The van der Waals surface area contributed by atoms with Crippen LogP contribution in [0.2, 0.25) is 0 Å². The Hall–Kier alpha value is -1.73. The van der Waals surface area contributed by atoms with Crippen LogP contribution in [0.4, 0.5) is 0 Å². The first kappa shape index (κ1) is 15.3. The summed E-state index contributed by atoms with van der Waals surface area (Å²) in [5.41, 5.74) is 5.85. The lowest BCUT2D eigenvalue weighted by atomic mass is 9.94. The van der Waals surface area contributed by atoms with E-state index >= 15 is 0 Å². The predicted octanol–water partition coefficient (Wildman–Crippen LogP) is 1.19. The van der Waals surface area contributed by atoms with Crippen LogP contribution in [-0.2, 0) is 5.41 Å². The van der Waals surface area contributed by atoms with Gasteiger partial charge in [0.25, 0.3) is 0 Å². The van der Waals surface area contributed by atoms with Crippen molar-refractivity contribution in [2.45, 2.75) is 19.3 Å². The standard InChI is InChI=1S/C11H15N5O2.ClH/c1-11(2,5-12)10-15-9(16-18-10)7-4-8(17-3)14-6-13-7;/h4,6H,5,12H2,1-3H3;1H. The molecule has 2 aromatic heterocycles. The fourth-order valence-electron chi connectivity index (χ4n) is 1.26. The van der Waals surface area contributed by atoms with Gasteiger partial charge in [0.1, 0.15) is 12.0 Å². The molecule has 104 valence electrons. The van der Waals surface area contributed by atoms with Gasteiger partial charge in [-0.15, -0.1) is 12.4 Å². The third-order valence-corrected chi connectivity index (χ3v) is 2.60. The fourth-order valence-corrected chi connectivity index (χ4v) is 1.26. The van der Waals surface area contributed by atoms with Gasteiger partial charge in [-0.2, -0.15) is 4.98 Å². The van der Waals surface area contributed by atoms with Crippen LogP contribution in [0, 0.1) is 0 Å². The number of hydrogen-bond acceptors (Lipinski definition) is 7. The monoisotopic (exact) mass is 285 g/mol. The van der Waals surface area contributed by atoms with Crippen molar-refractivity contribution in [2.75, 3.05) is 13.7 Å². The lowest BCUT2D eigenvalue weighted by Crippen LogP contribution is -2.28. The first-order chi connectivity index (χ1) is 8.56. The maximum absolute atomic E-state index is 5.66. The number of ether oxygens (including phenoxy) is 1. The first-order valence-corrected chi connectivity index (χ1v) is 5.47. The van der Waals surface area contributed by atoms with Crippen molar-refractivity contribution in [1.82, 2.24) is 20.1 Å². The van der Waals surface area contributed by atoms with Gasteiger partial charge in [-0.05, 0) is 13.8 Å². The summed E-state index contributed by atoms with van der Waals surface area (Å²) in [7, 11) is 1.53. The van der Waals surface area contributed by atoms with E-state index in [9.17, 15) is 0 Å². The smallest absolute Gasteiger partial charge is 0.233 e. The summed E-state index contributed by atoms with van der Waals surface area (Å²) in [5, 5.41) is 3.89. The van der Waals surface area contributed by atoms with Crippen LogP contribution in [0.25, 0.3) is 11.5 Å². The molecule has 0 saturated heterocycles. The fraction of sp³-hybridized carbons (Fsp3) is 0.455. The first-order valence-electron chi connectivity index (χ1n) is 5.47. The average Bonchev–Trinajstić information content (AvgIpc) is 2.89. The third kappa shape index (κ3) is 3.18. The van der Waals surface area contributed by atoms with Gasteiger partial charge in [0, 0.05) is 12.6 Å². The number of nitrogens with two attached hydrogens (primary N) is 1.